The van der Waals surface area contributed by atoms with Gasteiger partial charge in [-0.05, 0) is 25.1 Å². The van der Waals surface area contributed by atoms with Crippen molar-refractivity contribution in [2.75, 3.05) is 0 Å². The second-order valence-electron chi connectivity index (χ2n) is 6.19. The summed E-state index contributed by atoms with van der Waals surface area (Å²) in [6.45, 7) is 1.68. The Bertz CT molecular complexity index is 1160. The number of carbonyl (C=O) groups is 2. The van der Waals surface area contributed by atoms with E-state index in [-0.39, 0.29) is 11.1 Å². The Morgan fingerprint density at radius 3 is 2.62 bits per heavy atom. The Morgan fingerprint density at radius 1 is 1.03 bits per heavy atom. The Balaban J connectivity index is 1.37. The molecule has 0 aliphatic rings. The number of nitrogens with zero attached hydrogens (tertiary/aromatic N) is 2. The first-order valence-corrected chi connectivity index (χ1v) is 9.71. The number of rotatable bonds is 5. The smallest absolute Gasteiger partial charge is 0.277 e. The average Bonchev–Trinajstić information content (AvgIpc) is 3.39. The van der Waals surface area contributed by atoms with Gasteiger partial charge in [-0.1, -0.05) is 48.2 Å². The Labute approximate surface area is 170 Å². The van der Waals surface area contributed by atoms with E-state index in [4.69, 9.17) is 4.42 Å². The molecule has 0 bridgehead atoms. The predicted octanol–water partition coefficient (Wildman–Crippen LogP) is 3.16. The molecule has 2 aromatic carbocycles. The lowest BCUT2D eigenvalue weighted by Gasteiger charge is -2.10. The van der Waals surface area contributed by atoms with Gasteiger partial charge < -0.3 is 9.40 Å². The lowest BCUT2D eigenvalue weighted by Crippen LogP contribution is -2.44. The van der Waals surface area contributed by atoms with Crippen molar-refractivity contribution >= 4 is 34.5 Å². The number of hydrazine groups is 1. The number of H-pyrrole nitrogens is 1. The Kier molecular flexibility index (Phi) is 5.30. The van der Waals surface area contributed by atoms with Gasteiger partial charge in [-0.3, -0.25) is 20.4 Å². The van der Waals surface area contributed by atoms with Crippen LogP contribution >= 0.6 is 11.8 Å². The van der Waals surface area contributed by atoms with Crippen molar-refractivity contribution in [3.63, 3.8) is 0 Å². The van der Waals surface area contributed by atoms with Gasteiger partial charge in [-0.15, -0.1) is 10.2 Å². The normalized spacial score (nSPS) is 11.9. The molecule has 2 amide bonds. The van der Waals surface area contributed by atoms with Crippen molar-refractivity contribution in [2.24, 2.45) is 0 Å². The van der Waals surface area contributed by atoms with E-state index in [0.717, 1.165) is 28.2 Å². The molecule has 0 spiro atoms. The van der Waals surface area contributed by atoms with Crippen LogP contribution in [0.15, 0.2) is 70.4 Å². The number of fused-ring (bicyclic) bond motifs is 1. The van der Waals surface area contributed by atoms with Gasteiger partial charge >= 0.3 is 0 Å². The van der Waals surface area contributed by atoms with E-state index in [9.17, 15) is 9.59 Å². The molecule has 0 radical (unpaired) electrons. The average molecular weight is 407 g/mol. The molecule has 0 fully saturated rings. The van der Waals surface area contributed by atoms with E-state index in [1.54, 1.807) is 31.2 Å². The lowest BCUT2D eigenvalue weighted by molar-refractivity contribution is -0.121. The zero-order chi connectivity index (χ0) is 20.2. The van der Waals surface area contributed by atoms with Crippen LogP contribution < -0.4 is 10.9 Å². The van der Waals surface area contributed by atoms with Crippen LogP contribution in [-0.2, 0) is 4.79 Å². The summed E-state index contributed by atoms with van der Waals surface area (Å²) in [7, 11) is 0. The van der Waals surface area contributed by atoms with E-state index in [1.165, 1.54) is 0 Å². The van der Waals surface area contributed by atoms with Crippen LogP contribution in [-0.4, -0.2) is 32.2 Å². The molecule has 0 saturated carbocycles. The third-order valence-corrected chi connectivity index (χ3v) is 5.14. The third-order valence-electron chi connectivity index (χ3n) is 4.21. The molecule has 4 aromatic rings. The first-order valence-electron chi connectivity index (χ1n) is 8.83. The molecule has 146 valence electrons. The number of amides is 2. The van der Waals surface area contributed by atoms with Gasteiger partial charge in [0.25, 0.3) is 22.9 Å². The minimum absolute atomic E-state index is 0.266. The summed E-state index contributed by atoms with van der Waals surface area (Å²) in [5.41, 5.74) is 7.02. The molecule has 3 N–H and O–H groups in total. The van der Waals surface area contributed by atoms with Crippen LogP contribution in [0.2, 0.25) is 0 Å². The van der Waals surface area contributed by atoms with E-state index in [2.05, 4.69) is 26.0 Å². The summed E-state index contributed by atoms with van der Waals surface area (Å²) < 4.78 is 5.71. The fourth-order valence-corrected chi connectivity index (χ4v) is 3.38. The number of hydrogen-bond acceptors (Lipinski definition) is 6. The quantitative estimate of drug-likeness (QED) is 0.346. The number of aromatic nitrogens is 3. The van der Waals surface area contributed by atoms with Gasteiger partial charge in [0.1, 0.15) is 0 Å². The van der Waals surface area contributed by atoms with E-state index in [1.807, 2.05) is 36.5 Å². The number of nitrogens with one attached hydrogen (secondary N) is 3. The molecule has 29 heavy (non-hydrogen) atoms. The highest BCUT2D eigenvalue weighted by Gasteiger charge is 2.20. The van der Waals surface area contributed by atoms with E-state index < -0.39 is 11.2 Å². The Hall–Kier alpha value is -3.59. The van der Waals surface area contributed by atoms with E-state index in [0.29, 0.717) is 11.5 Å². The van der Waals surface area contributed by atoms with Crippen LogP contribution in [0.4, 0.5) is 0 Å². The van der Waals surface area contributed by atoms with Gasteiger partial charge in [0, 0.05) is 22.7 Å². The number of aromatic amines is 1. The SMILES string of the molecule is C[C@@H](Sc1nnc(-c2c[nH]c3ccccc23)o1)C(=O)NNC(=O)c1ccccc1. The van der Waals surface area contributed by atoms with Crippen molar-refractivity contribution in [3.05, 3.63) is 66.4 Å². The van der Waals surface area contributed by atoms with Crippen LogP contribution in [0.25, 0.3) is 22.4 Å². The number of carbonyl (C=O) groups excluding carboxylic acids is 2. The number of para-hydroxylation sites is 1. The zero-order valence-electron chi connectivity index (χ0n) is 15.4. The van der Waals surface area contributed by atoms with Crippen LogP contribution in [0, 0.1) is 0 Å². The molecular weight excluding hydrogens is 390 g/mol. The third kappa shape index (κ3) is 4.14. The van der Waals surface area contributed by atoms with Gasteiger partial charge in [-0.25, -0.2) is 0 Å². The summed E-state index contributed by atoms with van der Waals surface area (Å²) in [6.07, 6.45) is 1.81. The van der Waals surface area contributed by atoms with Crippen molar-refractivity contribution < 1.29 is 14.0 Å². The van der Waals surface area contributed by atoms with Crippen LogP contribution in [0.3, 0.4) is 0 Å². The minimum atomic E-state index is -0.553. The maximum Gasteiger partial charge on any atom is 0.277 e. The highest BCUT2D eigenvalue weighted by atomic mass is 32.2. The second kappa shape index (κ2) is 8.19. The molecule has 8 nitrogen and oxygen atoms in total. The number of hydrogen-bond donors (Lipinski definition) is 3. The lowest BCUT2D eigenvalue weighted by atomic mass is 10.2. The number of thioether (sulfide) groups is 1. The molecular formula is C20H17N5O3S. The van der Waals surface area contributed by atoms with E-state index >= 15 is 0 Å². The van der Waals surface area contributed by atoms with Crippen LogP contribution in [0.1, 0.15) is 17.3 Å². The molecule has 0 aliphatic carbocycles. The molecule has 0 saturated heterocycles. The predicted molar refractivity (Wildman–Crippen MR) is 109 cm³/mol. The second-order valence-corrected chi connectivity index (χ2v) is 7.48. The topological polar surface area (TPSA) is 113 Å². The Morgan fingerprint density at radius 2 is 1.79 bits per heavy atom. The van der Waals surface area contributed by atoms with Crippen molar-refractivity contribution in [1.29, 1.82) is 0 Å². The highest BCUT2D eigenvalue weighted by Crippen LogP contribution is 2.30. The fraction of sp³-hybridized carbons (Fsp3) is 0.100. The van der Waals surface area contributed by atoms with Gasteiger partial charge in [-0.2, -0.15) is 0 Å². The first kappa shape index (κ1) is 18.8. The molecule has 9 heteroatoms. The first-order chi connectivity index (χ1) is 14.1. The number of benzene rings is 2. The standard InChI is InChI=1S/C20H17N5O3S/c1-12(17(26)22-23-18(27)13-7-3-2-4-8-13)29-20-25-24-19(28-20)15-11-21-16-10-6-5-9-14(15)16/h2-12,21H,1H3,(H,22,26)(H,23,27)/t12-/m1/s1. The molecule has 4 rings (SSSR count). The van der Waals surface area contributed by atoms with Gasteiger partial charge in [0.15, 0.2) is 0 Å². The molecule has 1 atom stereocenters. The monoisotopic (exact) mass is 407 g/mol. The van der Waals surface area contributed by atoms with Crippen LogP contribution in [0.5, 0.6) is 0 Å². The molecule has 2 heterocycles. The maximum absolute atomic E-state index is 12.3. The zero-order valence-corrected chi connectivity index (χ0v) is 16.2. The highest BCUT2D eigenvalue weighted by molar-refractivity contribution is 8.00. The molecule has 0 unspecified atom stereocenters. The fourth-order valence-electron chi connectivity index (χ4n) is 2.70. The summed E-state index contributed by atoms with van der Waals surface area (Å²) in [5, 5.41) is 8.77. The summed E-state index contributed by atoms with van der Waals surface area (Å²) in [4.78, 5) is 27.4. The van der Waals surface area contributed by atoms with Crippen molar-refractivity contribution in [3.8, 4) is 11.5 Å². The summed E-state index contributed by atoms with van der Waals surface area (Å²) in [5.74, 6) is -0.406. The summed E-state index contributed by atoms with van der Waals surface area (Å²) >= 11 is 1.11. The summed E-state index contributed by atoms with van der Waals surface area (Å²) in [6, 6.07) is 16.4. The molecule has 2 aromatic heterocycles. The van der Waals surface area contributed by atoms with Crippen molar-refractivity contribution in [1.82, 2.24) is 26.0 Å². The van der Waals surface area contributed by atoms with Crippen molar-refractivity contribution in [2.45, 2.75) is 17.4 Å². The maximum atomic E-state index is 12.3. The molecule has 0 aliphatic heterocycles. The van der Waals surface area contributed by atoms with Gasteiger partial charge in [0.05, 0.1) is 10.8 Å². The minimum Gasteiger partial charge on any atom is -0.411 e. The van der Waals surface area contributed by atoms with Gasteiger partial charge in [0.2, 0.25) is 0 Å². The largest absolute Gasteiger partial charge is 0.411 e.